The molecule has 0 fully saturated rings. The van der Waals surface area contributed by atoms with Crippen molar-refractivity contribution in [2.45, 2.75) is 84.5 Å². The molecule has 8 heteroatoms. The van der Waals surface area contributed by atoms with E-state index in [1.807, 2.05) is 0 Å². The van der Waals surface area contributed by atoms with E-state index < -0.39 is 35.5 Å². The van der Waals surface area contributed by atoms with Crippen molar-refractivity contribution in [2.75, 3.05) is 13.2 Å². The summed E-state index contributed by atoms with van der Waals surface area (Å²) in [5.41, 5.74) is 2.70. The summed E-state index contributed by atoms with van der Waals surface area (Å²) in [7, 11) is 0. The van der Waals surface area contributed by atoms with Crippen LogP contribution in [0.25, 0.3) is 0 Å². The molecule has 0 bridgehead atoms. The maximum atomic E-state index is 12.6. The molecule has 0 aliphatic heterocycles. The first kappa shape index (κ1) is 24.1. The molecule has 0 saturated carbocycles. The standard InChI is InChI=1S/C18H34FN3O4/c1-16(2,3)25-14(23)18(7,22-15(24)26-17(4,5)6)10-8-9-11-21-13(20)12-19/h8-12H2,1-7H3,(H2,20,21)(H,22,24). The smallest absolute Gasteiger partial charge is 0.408 e. The molecule has 0 aromatic rings. The second-order valence-electron chi connectivity index (χ2n) is 8.42. The third kappa shape index (κ3) is 10.9. The van der Waals surface area contributed by atoms with Gasteiger partial charge in [-0.2, -0.15) is 0 Å². The van der Waals surface area contributed by atoms with E-state index in [1.165, 1.54) is 0 Å². The van der Waals surface area contributed by atoms with Crippen molar-refractivity contribution < 1.29 is 23.5 Å². The zero-order chi connectivity index (χ0) is 20.6. The minimum atomic E-state index is -1.25. The molecule has 0 saturated heterocycles. The van der Waals surface area contributed by atoms with Crippen molar-refractivity contribution in [1.29, 1.82) is 0 Å². The van der Waals surface area contributed by atoms with E-state index in [0.29, 0.717) is 25.8 Å². The number of nitrogens with two attached hydrogens (primary N) is 1. The van der Waals surface area contributed by atoms with Gasteiger partial charge in [-0.05, 0) is 67.7 Å². The van der Waals surface area contributed by atoms with Gasteiger partial charge in [-0.1, -0.05) is 0 Å². The number of aliphatic imine (C=N–C) groups is 1. The molecule has 0 rings (SSSR count). The van der Waals surface area contributed by atoms with Crippen LogP contribution in [0.15, 0.2) is 4.99 Å². The summed E-state index contributed by atoms with van der Waals surface area (Å²) in [4.78, 5) is 28.6. The molecule has 0 aromatic carbocycles. The number of hydrogen-bond acceptors (Lipinski definition) is 5. The van der Waals surface area contributed by atoms with Gasteiger partial charge in [-0.3, -0.25) is 4.99 Å². The number of nitrogens with one attached hydrogen (secondary N) is 1. The summed E-state index contributed by atoms with van der Waals surface area (Å²) in [6.45, 7) is 11.7. The number of amides is 1. The molecule has 26 heavy (non-hydrogen) atoms. The minimum absolute atomic E-state index is 0.0493. The number of carbonyl (C=O) groups is 2. The van der Waals surface area contributed by atoms with Gasteiger partial charge in [0.05, 0.1) is 0 Å². The van der Waals surface area contributed by atoms with Crippen LogP contribution in [0.2, 0.25) is 0 Å². The quantitative estimate of drug-likeness (QED) is 0.294. The Hall–Kier alpha value is -1.86. The maximum absolute atomic E-state index is 12.6. The Morgan fingerprint density at radius 2 is 1.54 bits per heavy atom. The number of alkyl carbamates (subject to hydrolysis) is 1. The lowest BCUT2D eigenvalue weighted by molar-refractivity contribution is -0.162. The van der Waals surface area contributed by atoms with E-state index in [1.54, 1.807) is 48.5 Å². The van der Waals surface area contributed by atoms with Crippen LogP contribution in [0.1, 0.15) is 67.7 Å². The molecule has 0 aromatic heterocycles. The molecule has 1 atom stereocenters. The number of rotatable bonds is 8. The Balaban J connectivity index is 4.98. The van der Waals surface area contributed by atoms with Crippen molar-refractivity contribution >= 4 is 17.9 Å². The second-order valence-corrected chi connectivity index (χ2v) is 8.42. The number of carbonyl (C=O) groups excluding carboxylic acids is 2. The molecule has 7 nitrogen and oxygen atoms in total. The van der Waals surface area contributed by atoms with E-state index in [4.69, 9.17) is 15.2 Å². The van der Waals surface area contributed by atoms with Crippen LogP contribution in [0.4, 0.5) is 9.18 Å². The van der Waals surface area contributed by atoms with Crippen molar-refractivity contribution in [2.24, 2.45) is 10.7 Å². The van der Waals surface area contributed by atoms with Gasteiger partial charge in [-0.15, -0.1) is 0 Å². The first-order chi connectivity index (χ1) is 11.7. The predicted octanol–water partition coefficient (Wildman–Crippen LogP) is 3.11. The highest BCUT2D eigenvalue weighted by molar-refractivity contribution is 5.85. The van der Waals surface area contributed by atoms with E-state index in [2.05, 4.69) is 10.3 Å². The van der Waals surface area contributed by atoms with Crippen LogP contribution >= 0.6 is 0 Å². The Morgan fingerprint density at radius 3 is 2.00 bits per heavy atom. The van der Waals surface area contributed by atoms with Gasteiger partial charge in [0.15, 0.2) is 0 Å². The van der Waals surface area contributed by atoms with Crippen molar-refractivity contribution in [1.82, 2.24) is 5.32 Å². The molecule has 0 aliphatic carbocycles. The second kappa shape index (κ2) is 9.73. The minimum Gasteiger partial charge on any atom is -0.458 e. The third-order valence-corrected chi connectivity index (χ3v) is 3.16. The molecular formula is C18H34FN3O4. The largest absolute Gasteiger partial charge is 0.458 e. The van der Waals surface area contributed by atoms with Crippen molar-refractivity contribution in [3.05, 3.63) is 0 Å². The number of amidine groups is 1. The Labute approximate surface area is 155 Å². The van der Waals surface area contributed by atoms with Crippen LogP contribution in [0.5, 0.6) is 0 Å². The fourth-order valence-electron chi connectivity index (χ4n) is 1.99. The van der Waals surface area contributed by atoms with E-state index >= 15 is 0 Å². The number of hydrogen-bond donors (Lipinski definition) is 2. The van der Waals surface area contributed by atoms with Gasteiger partial charge in [0.25, 0.3) is 0 Å². The third-order valence-electron chi connectivity index (χ3n) is 3.16. The maximum Gasteiger partial charge on any atom is 0.408 e. The average Bonchev–Trinajstić information content (AvgIpc) is 2.42. The van der Waals surface area contributed by atoms with Crippen LogP contribution in [0, 0.1) is 0 Å². The Kier molecular flexibility index (Phi) is 9.04. The van der Waals surface area contributed by atoms with Crippen molar-refractivity contribution in [3.63, 3.8) is 0 Å². The number of esters is 1. The lowest BCUT2D eigenvalue weighted by Gasteiger charge is -2.33. The van der Waals surface area contributed by atoms with Gasteiger partial charge in [0.2, 0.25) is 0 Å². The summed E-state index contributed by atoms with van der Waals surface area (Å²) >= 11 is 0. The highest BCUT2D eigenvalue weighted by Gasteiger charge is 2.39. The number of ether oxygens (including phenoxy) is 2. The normalized spacial score (nSPS) is 15.2. The molecule has 0 spiro atoms. The summed E-state index contributed by atoms with van der Waals surface area (Å²) in [5.74, 6) is -0.589. The SMILES string of the molecule is CC(C)(C)OC(=O)NC(C)(CCCCN=C(N)CF)C(=O)OC(C)(C)C. The molecule has 152 valence electrons. The average molecular weight is 375 g/mol. The van der Waals surface area contributed by atoms with E-state index in [0.717, 1.165) is 0 Å². The summed E-state index contributed by atoms with van der Waals surface area (Å²) < 4.78 is 22.9. The first-order valence-electron chi connectivity index (χ1n) is 8.78. The van der Waals surface area contributed by atoms with Crippen LogP contribution < -0.4 is 11.1 Å². The lowest BCUT2D eigenvalue weighted by Crippen LogP contribution is -2.55. The van der Waals surface area contributed by atoms with Gasteiger partial charge in [0, 0.05) is 6.54 Å². The summed E-state index contributed by atoms with van der Waals surface area (Å²) in [6.07, 6.45) is 0.793. The lowest BCUT2D eigenvalue weighted by atomic mass is 9.94. The number of alkyl halides is 1. The Bertz CT molecular complexity index is 510. The number of unbranched alkanes of at least 4 members (excludes halogenated alkanes) is 1. The van der Waals surface area contributed by atoms with Crippen LogP contribution in [-0.4, -0.2) is 47.9 Å². The zero-order valence-corrected chi connectivity index (χ0v) is 17.1. The van der Waals surface area contributed by atoms with Gasteiger partial charge in [-0.25, -0.2) is 14.0 Å². The fourth-order valence-corrected chi connectivity index (χ4v) is 1.99. The highest BCUT2D eigenvalue weighted by Crippen LogP contribution is 2.21. The molecule has 0 heterocycles. The summed E-state index contributed by atoms with van der Waals surface area (Å²) in [5, 5.41) is 2.63. The van der Waals surface area contributed by atoms with E-state index in [-0.39, 0.29) is 5.84 Å². The fraction of sp³-hybridized carbons (Fsp3) is 0.833. The zero-order valence-electron chi connectivity index (χ0n) is 17.1. The van der Waals surface area contributed by atoms with Crippen LogP contribution in [0.3, 0.4) is 0 Å². The molecular weight excluding hydrogens is 341 g/mol. The van der Waals surface area contributed by atoms with E-state index in [9.17, 15) is 14.0 Å². The highest BCUT2D eigenvalue weighted by atomic mass is 19.1. The van der Waals surface area contributed by atoms with Gasteiger partial charge in [0.1, 0.15) is 29.3 Å². The van der Waals surface area contributed by atoms with Crippen LogP contribution in [-0.2, 0) is 14.3 Å². The Morgan fingerprint density at radius 1 is 1.00 bits per heavy atom. The molecule has 1 unspecified atom stereocenters. The van der Waals surface area contributed by atoms with Crippen molar-refractivity contribution in [3.8, 4) is 0 Å². The van der Waals surface area contributed by atoms with Gasteiger partial charge >= 0.3 is 12.1 Å². The molecule has 3 N–H and O–H groups in total. The van der Waals surface area contributed by atoms with Gasteiger partial charge < -0.3 is 20.5 Å². The monoisotopic (exact) mass is 375 g/mol. The summed E-state index contributed by atoms with van der Waals surface area (Å²) in [6, 6.07) is 0. The number of halogens is 1. The molecule has 1 amide bonds. The molecule has 0 aliphatic rings. The topological polar surface area (TPSA) is 103 Å². The number of nitrogens with zero attached hydrogens (tertiary/aromatic N) is 1. The first-order valence-corrected chi connectivity index (χ1v) is 8.78. The predicted molar refractivity (Wildman–Crippen MR) is 99.9 cm³/mol. The molecule has 0 radical (unpaired) electrons.